The summed E-state index contributed by atoms with van der Waals surface area (Å²) in [5, 5.41) is 0. The van der Waals surface area contributed by atoms with Crippen molar-refractivity contribution in [3.8, 4) is 0 Å². The smallest absolute Gasteiger partial charge is 0.129 e. The molecule has 0 radical (unpaired) electrons. The van der Waals surface area contributed by atoms with Gasteiger partial charge in [0.05, 0.1) is 0 Å². The second kappa shape index (κ2) is 3.85. The number of nitrogens with two attached hydrogens (primary N) is 2. The van der Waals surface area contributed by atoms with Crippen LogP contribution in [0.3, 0.4) is 0 Å². The van der Waals surface area contributed by atoms with Crippen LogP contribution >= 0.6 is 0 Å². The zero-order chi connectivity index (χ0) is 10.0. The molecule has 4 N–H and O–H groups in total. The van der Waals surface area contributed by atoms with Gasteiger partial charge in [-0.1, -0.05) is 12.1 Å². The Bertz CT molecular complexity index is 287. The van der Waals surface area contributed by atoms with E-state index in [1.807, 2.05) is 0 Å². The van der Waals surface area contributed by atoms with Gasteiger partial charge < -0.3 is 11.5 Å². The number of aryl methyl sites for hydroxylation is 2. The highest BCUT2D eigenvalue weighted by Crippen LogP contribution is 2.18. The Hall–Kier alpha value is -0.930. The zero-order valence-corrected chi connectivity index (χ0v) is 7.97. The number of hydrogen-bond donors (Lipinski definition) is 2. The average molecular weight is 182 g/mol. The van der Waals surface area contributed by atoms with Gasteiger partial charge in [0, 0.05) is 12.6 Å². The van der Waals surface area contributed by atoms with Crippen LogP contribution in [0.4, 0.5) is 4.39 Å². The van der Waals surface area contributed by atoms with Gasteiger partial charge in [0.15, 0.2) is 0 Å². The van der Waals surface area contributed by atoms with Gasteiger partial charge in [0.25, 0.3) is 0 Å². The summed E-state index contributed by atoms with van der Waals surface area (Å²) in [5.74, 6) is -0.159. The summed E-state index contributed by atoms with van der Waals surface area (Å²) in [6, 6.07) is 3.30. The lowest BCUT2D eigenvalue weighted by Crippen LogP contribution is -2.21. The van der Waals surface area contributed by atoms with Crippen molar-refractivity contribution >= 4 is 0 Å². The van der Waals surface area contributed by atoms with Crippen LogP contribution in [-0.2, 0) is 0 Å². The van der Waals surface area contributed by atoms with Gasteiger partial charge in [0.1, 0.15) is 5.82 Å². The van der Waals surface area contributed by atoms with E-state index in [1.54, 1.807) is 26.0 Å². The first-order valence-electron chi connectivity index (χ1n) is 4.28. The molecule has 0 amide bonds. The predicted molar refractivity (Wildman–Crippen MR) is 51.9 cm³/mol. The van der Waals surface area contributed by atoms with Crippen LogP contribution in [0, 0.1) is 19.7 Å². The molecule has 72 valence electrons. The molecule has 3 heteroatoms. The van der Waals surface area contributed by atoms with Crippen molar-refractivity contribution in [1.82, 2.24) is 0 Å². The van der Waals surface area contributed by atoms with Crippen LogP contribution < -0.4 is 11.5 Å². The van der Waals surface area contributed by atoms with E-state index in [0.29, 0.717) is 17.7 Å². The van der Waals surface area contributed by atoms with Crippen molar-refractivity contribution in [2.45, 2.75) is 19.9 Å². The Morgan fingerprint density at radius 1 is 1.31 bits per heavy atom. The lowest BCUT2D eigenvalue weighted by atomic mass is 10.0. The maximum Gasteiger partial charge on any atom is 0.129 e. The molecule has 1 aromatic carbocycles. The first-order valence-corrected chi connectivity index (χ1v) is 4.28. The number of hydrogen-bond acceptors (Lipinski definition) is 2. The molecule has 0 aliphatic heterocycles. The van der Waals surface area contributed by atoms with E-state index in [2.05, 4.69) is 0 Å². The molecule has 1 aromatic rings. The van der Waals surface area contributed by atoms with Crippen molar-refractivity contribution in [2.24, 2.45) is 11.5 Å². The Morgan fingerprint density at radius 2 is 1.77 bits per heavy atom. The van der Waals surface area contributed by atoms with Crippen LogP contribution in [0.5, 0.6) is 0 Å². The first kappa shape index (κ1) is 10.2. The Balaban J connectivity index is 3.13. The molecule has 0 saturated heterocycles. The first-order chi connectivity index (χ1) is 6.06. The molecule has 0 aromatic heterocycles. The van der Waals surface area contributed by atoms with Gasteiger partial charge in [-0.2, -0.15) is 0 Å². The minimum absolute atomic E-state index is 0.159. The minimum atomic E-state index is -0.196. The van der Waals surface area contributed by atoms with E-state index in [0.717, 1.165) is 5.56 Å². The third kappa shape index (κ3) is 2.05. The van der Waals surface area contributed by atoms with E-state index >= 15 is 0 Å². The molecule has 2 nitrogen and oxygen atoms in total. The standard InChI is InChI=1S/C10H15FN2/c1-6-3-8(9(13)5-12)4-7(2)10(6)11/h3-4,9H,5,12-13H2,1-2H3/t9-/m0/s1. The summed E-state index contributed by atoms with van der Waals surface area (Å²) in [6.07, 6.45) is 0. The molecule has 0 bridgehead atoms. The average Bonchev–Trinajstić information content (AvgIpc) is 2.12. The topological polar surface area (TPSA) is 52.0 Å². The summed E-state index contributed by atoms with van der Waals surface area (Å²) in [5.41, 5.74) is 13.3. The summed E-state index contributed by atoms with van der Waals surface area (Å²) in [6.45, 7) is 3.84. The van der Waals surface area contributed by atoms with E-state index < -0.39 is 0 Å². The van der Waals surface area contributed by atoms with Gasteiger partial charge >= 0.3 is 0 Å². The van der Waals surface area contributed by atoms with Crippen LogP contribution in [0.1, 0.15) is 22.7 Å². The fraction of sp³-hybridized carbons (Fsp3) is 0.400. The molecular weight excluding hydrogens is 167 g/mol. The van der Waals surface area contributed by atoms with E-state index in [1.165, 1.54) is 0 Å². The Labute approximate surface area is 77.7 Å². The fourth-order valence-corrected chi connectivity index (χ4v) is 1.33. The van der Waals surface area contributed by atoms with Gasteiger partial charge in [-0.3, -0.25) is 0 Å². The van der Waals surface area contributed by atoms with Crippen LogP contribution in [0.2, 0.25) is 0 Å². The largest absolute Gasteiger partial charge is 0.329 e. The molecular formula is C10H15FN2. The quantitative estimate of drug-likeness (QED) is 0.726. The van der Waals surface area contributed by atoms with Gasteiger partial charge in [-0.05, 0) is 30.5 Å². The molecule has 0 spiro atoms. The summed E-state index contributed by atoms with van der Waals surface area (Å²) < 4.78 is 13.2. The highest BCUT2D eigenvalue weighted by molar-refractivity contribution is 5.32. The monoisotopic (exact) mass is 182 g/mol. The lowest BCUT2D eigenvalue weighted by Gasteiger charge is -2.11. The van der Waals surface area contributed by atoms with E-state index in [9.17, 15) is 4.39 Å². The van der Waals surface area contributed by atoms with Crippen molar-refractivity contribution in [2.75, 3.05) is 6.54 Å². The zero-order valence-electron chi connectivity index (χ0n) is 7.97. The molecule has 0 aliphatic rings. The molecule has 0 aliphatic carbocycles. The van der Waals surface area contributed by atoms with Crippen molar-refractivity contribution in [3.05, 3.63) is 34.6 Å². The predicted octanol–water partition coefficient (Wildman–Crippen LogP) is 1.40. The van der Waals surface area contributed by atoms with Gasteiger partial charge in [0.2, 0.25) is 0 Å². The van der Waals surface area contributed by atoms with Gasteiger partial charge in [-0.25, -0.2) is 4.39 Å². The Morgan fingerprint density at radius 3 is 2.15 bits per heavy atom. The van der Waals surface area contributed by atoms with Crippen LogP contribution in [0.25, 0.3) is 0 Å². The molecule has 13 heavy (non-hydrogen) atoms. The molecule has 1 atom stereocenters. The normalized spacial score (nSPS) is 13.0. The third-order valence-corrected chi connectivity index (χ3v) is 2.14. The Kier molecular flexibility index (Phi) is 3.01. The highest BCUT2D eigenvalue weighted by atomic mass is 19.1. The number of benzene rings is 1. The minimum Gasteiger partial charge on any atom is -0.329 e. The third-order valence-electron chi connectivity index (χ3n) is 2.14. The maximum atomic E-state index is 13.2. The second-order valence-electron chi connectivity index (χ2n) is 3.31. The van der Waals surface area contributed by atoms with Crippen molar-refractivity contribution in [3.63, 3.8) is 0 Å². The molecule has 0 unspecified atom stereocenters. The second-order valence-corrected chi connectivity index (χ2v) is 3.31. The molecule has 1 rings (SSSR count). The molecule has 0 heterocycles. The molecule has 0 fully saturated rings. The fourth-order valence-electron chi connectivity index (χ4n) is 1.33. The summed E-state index contributed by atoms with van der Waals surface area (Å²) >= 11 is 0. The maximum absolute atomic E-state index is 13.2. The van der Waals surface area contributed by atoms with Crippen molar-refractivity contribution in [1.29, 1.82) is 0 Å². The van der Waals surface area contributed by atoms with E-state index in [4.69, 9.17) is 11.5 Å². The number of rotatable bonds is 2. The summed E-state index contributed by atoms with van der Waals surface area (Å²) in [4.78, 5) is 0. The van der Waals surface area contributed by atoms with Crippen LogP contribution in [0.15, 0.2) is 12.1 Å². The summed E-state index contributed by atoms with van der Waals surface area (Å²) in [7, 11) is 0. The number of halogens is 1. The lowest BCUT2D eigenvalue weighted by molar-refractivity contribution is 0.606. The van der Waals surface area contributed by atoms with Crippen LogP contribution in [-0.4, -0.2) is 6.54 Å². The molecule has 0 saturated carbocycles. The van der Waals surface area contributed by atoms with Gasteiger partial charge in [-0.15, -0.1) is 0 Å². The highest BCUT2D eigenvalue weighted by Gasteiger charge is 2.08. The van der Waals surface area contributed by atoms with Crippen molar-refractivity contribution < 1.29 is 4.39 Å². The SMILES string of the molecule is Cc1cc([C@@H](N)CN)cc(C)c1F. The van der Waals surface area contributed by atoms with E-state index in [-0.39, 0.29) is 11.9 Å².